The van der Waals surface area contributed by atoms with Crippen molar-refractivity contribution in [2.24, 2.45) is 5.92 Å². The van der Waals surface area contributed by atoms with Gasteiger partial charge in [0.2, 0.25) is 0 Å². The first-order valence-corrected chi connectivity index (χ1v) is 12.8. The number of amides is 1. The Labute approximate surface area is 200 Å². The zero-order chi connectivity index (χ0) is 22.8. The Morgan fingerprint density at radius 2 is 1.82 bits per heavy atom. The first kappa shape index (κ1) is 22.2. The van der Waals surface area contributed by atoms with E-state index in [1.54, 1.807) is 11.3 Å². The first-order chi connectivity index (χ1) is 16.1. The molecule has 2 aliphatic rings. The molecule has 3 heterocycles. The van der Waals surface area contributed by atoms with Gasteiger partial charge in [-0.2, -0.15) is 0 Å². The number of thiophene rings is 1. The van der Waals surface area contributed by atoms with E-state index in [-0.39, 0.29) is 12.0 Å². The van der Waals surface area contributed by atoms with E-state index in [0.29, 0.717) is 17.9 Å². The molecular weight excluding hydrogens is 428 g/mol. The van der Waals surface area contributed by atoms with E-state index in [4.69, 9.17) is 4.74 Å². The van der Waals surface area contributed by atoms with Gasteiger partial charge >= 0.3 is 0 Å². The van der Waals surface area contributed by atoms with E-state index in [1.165, 1.54) is 11.1 Å². The van der Waals surface area contributed by atoms with Gasteiger partial charge in [-0.15, -0.1) is 11.3 Å². The lowest BCUT2D eigenvalue weighted by atomic mass is 9.81. The third-order valence-corrected chi connectivity index (χ3v) is 7.82. The van der Waals surface area contributed by atoms with Crippen molar-refractivity contribution in [1.82, 2.24) is 9.80 Å². The standard InChI is InChI=1S/C28H32N2O2S/c1-20(2)32-23-12-10-22(11-13-23)24-18-30(17-21-7-4-3-5-8-21)26-14-15-29(19-25(24)26)28(31)27-9-6-16-33-27/h3-13,16,20,24-26H,14-15,17-19H2,1-2H3/t24-,25-,26-/m0/s1. The minimum Gasteiger partial charge on any atom is -0.491 e. The van der Waals surface area contributed by atoms with Gasteiger partial charge in [0.1, 0.15) is 5.75 Å². The van der Waals surface area contributed by atoms with Gasteiger partial charge in [-0.25, -0.2) is 0 Å². The van der Waals surface area contributed by atoms with Crippen LogP contribution in [-0.2, 0) is 6.54 Å². The second-order valence-corrected chi connectivity index (χ2v) is 10.5. The average molecular weight is 461 g/mol. The minimum atomic E-state index is 0.170. The number of hydrogen-bond acceptors (Lipinski definition) is 4. The van der Waals surface area contributed by atoms with Gasteiger partial charge in [0.25, 0.3) is 5.91 Å². The lowest BCUT2D eigenvalue weighted by Gasteiger charge is -2.39. The van der Waals surface area contributed by atoms with E-state index in [1.807, 2.05) is 17.5 Å². The zero-order valence-electron chi connectivity index (χ0n) is 19.4. The minimum absolute atomic E-state index is 0.170. The SMILES string of the molecule is CC(C)Oc1ccc([C@@H]2CN(Cc3ccccc3)[C@H]3CCN(C(=O)c4cccs4)C[C@@H]23)cc1. The lowest BCUT2D eigenvalue weighted by molar-refractivity contribution is 0.0588. The summed E-state index contributed by atoms with van der Waals surface area (Å²) < 4.78 is 5.87. The molecule has 0 spiro atoms. The number of nitrogens with zero attached hydrogens (tertiary/aromatic N) is 2. The summed E-state index contributed by atoms with van der Waals surface area (Å²) in [4.78, 5) is 18.7. The number of ether oxygens (including phenoxy) is 1. The molecule has 2 aromatic carbocycles. The summed E-state index contributed by atoms with van der Waals surface area (Å²) in [5, 5.41) is 1.99. The van der Waals surface area contributed by atoms with Crippen LogP contribution < -0.4 is 4.74 Å². The molecule has 33 heavy (non-hydrogen) atoms. The zero-order valence-corrected chi connectivity index (χ0v) is 20.2. The van der Waals surface area contributed by atoms with Gasteiger partial charge in [0.15, 0.2) is 0 Å². The molecule has 2 saturated heterocycles. The predicted octanol–water partition coefficient (Wildman–Crippen LogP) is 5.67. The van der Waals surface area contributed by atoms with E-state index in [9.17, 15) is 4.79 Å². The van der Waals surface area contributed by atoms with Crippen LogP contribution in [0.2, 0.25) is 0 Å². The molecule has 1 aromatic heterocycles. The molecule has 0 bridgehead atoms. The van der Waals surface area contributed by atoms with Crippen LogP contribution in [0.25, 0.3) is 0 Å². The highest BCUT2D eigenvalue weighted by atomic mass is 32.1. The Balaban J connectivity index is 1.39. The molecule has 0 radical (unpaired) electrons. The summed E-state index contributed by atoms with van der Waals surface area (Å²) in [6, 6.07) is 23.8. The predicted molar refractivity (Wildman–Crippen MR) is 134 cm³/mol. The fourth-order valence-electron chi connectivity index (χ4n) is 5.50. The molecule has 3 atom stereocenters. The number of rotatable bonds is 6. The van der Waals surface area contributed by atoms with Crippen molar-refractivity contribution in [3.05, 3.63) is 88.1 Å². The third-order valence-electron chi connectivity index (χ3n) is 6.96. The van der Waals surface area contributed by atoms with Crippen LogP contribution in [-0.4, -0.2) is 47.5 Å². The topological polar surface area (TPSA) is 32.8 Å². The Morgan fingerprint density at radius 3 is 2.52 bits per heavy atom. The molecule has 0 N–H and O–H groups in total. The second-order valence-electron chi connectivity index (χ2n) is 9.51. The summed E-state index contributed by atoms with van der Waals surface area (Å²) >= 11 is 1.54. The number of carbonyl (C=O) groups excluding carboxylic acids is 1. The summed E-state index contributed by atoms with van der Waals surface area (Å²) in [5.74, 6) is 1.95. The highest BCUT2D eigenvalue weighted by Crippen LogP contribution is 2.42. The molecule has 5 heteroatoms. The van der Waals surface area contributed by atoms with E-state index in [2.05, 4.69) is 78.2 Å². The maximum Gasteiger partial charge on any atom is 0.263 e. The number of hydrogen-bond donors (Lipinski definition) is 0. The van der Waals surface area contributed by atoms with Gasteiger partial charge < -0.3 is 9.64 Å². The summed E-state index contributed by atoms with van der Waals surface area (Å²) in [6.07, 6.45) is 1.20. The van der Waals surface area contributed by atoms with Gasteiger partial charge in [-0.3, -0.25) is 9.69 Å². The number of carbonyl (C=O) groups is 1. The first-order valence-electron chi connectivity index (χ1n) is 12.0. The molecule has 172 valence electrons. The lowest BCUT2D eigenvalue weighted by Crippen LogP contribution is -2.48. The highest BCUT2D eigenvalue weighted by molar-refractivity contribution is 7.12. The largest absolute Gasteiger partial charge is 0.491 e. The summed E-state index contributed by atoms with van der Waals surface area (Å²) in [6.45, 7) is 7.75. The molecule has 2 fully saturated rings. The number of benzene rings is 2. The molecule has 2 aliphatic heterocycles. The Bertz CT molecular complexity index is 1050. The van der Waals surface area contributed by atoms with Gasteiger partial charge in [0, 0.05) is 44.1 Å². The molecule has 5 rings (SSSR count). The molecule has 0 aliphatic carbocycles. The smallest absolute Gasteiger partial charge is 0.263 e. The van der Waals surface area contributed by atoms with Crippen molar-refractivity contribution >= 4 is 17.2 Å². The van der Waals surface area contributed by atoms with Crippen molar-refractivity contribution < 1.29 is 9.53 Å². The fourth-order valence-corrected chi connectivity index (χ4v) is 6.19. The van der Waals surface area contributed by atoms with Crippen molar-refractivity contribution in [3.8, 4) is 5.75 Å². The van der Waals surface area contributed by atoms with E-state index >= 15 is 0 Å². The molecule has 0 saturated carbocycles. The monoisotopic (exact) mass is 460 g/mol. The number of likely N-dealkylation sites (tertiary alicyclic amines) is 2. The number of piperidine rings is 1. The molecule has 0 unspecified atom stereocenters. The molecule has 1 amide bonds. The van der Waals surface area contributed by atoms with E-state index in [0.717, 1.165) is 43.2 Å². The Kier molecular flexibility index (Phi) is 6.52. The van der Waals surface area contributed by atoms with Crippen molar-refractivity contribution in [3.63, 3.8) is 0 Å². The summed E-state index contributed by atoms with van der Waals surface area (Å²) in [7, 11) is 0. The highest BCUT2D eigenvalue weighted by Gasteiger charge is 2.46. The third kappa shape index (κ3) is 4.85. The maximum absolute atomic E-state index is 13.1. The van der Waals surface area contributed by atoms with Crippen LogP contribution in [0.5, 0.6) is 5.75 Å². The quantitative estimate of drug-likeness (QED) is 0.475. The van der Waals surface area contributed by atoms with Crippen LogP contribution in [0.15, 0.2) is 72.1 Å². The van der Waals surface area contributed by atoms with Gasteiger partial charge in [0.05, 0.1) is 11.0 Å². The second kappa shape index (κ2) is 9.70. The van der Waals surface area contributed by atoms with Crippen molar-refractivity contribution in [1.29, 1.82) is 0 Å². The van der Waals surface area contributed by atoms with Crippen LogP contribution in [0, 0.1) is 5.92 Å². The maximum atomic E-state index is 13.1. The van der Waals surface area contributed by atoms with Crippen LogP contribution >= 0.6 is 11.3 Å². The van der Waals surface area contributed by atoms with Crippen molar-refractivity contribution in [2.75, 3.05) is 19.6 Å². The summed E-state index contributed by atoms with van der Waals surface area (Å²) in [5.41, 5.74) is 2.71. The van der Waals surface area contributed by atoms with Crippen LogP contribution in [0.1, 0.15) is 47.0 Å². The van der Waals surface area contributed by atoms with E-state index < -0.39 is 0 Å². The van der Waals surface area contributed by atoms with Gasteiger partial charge in [-0.1, -0.05) is 48.5 Å². The molecular formula is C28H32N2O2S. The Hall–Kier alpha value is -2.63. The van der Waals surface area contributed by atoms with Crippen LogP contribution in [0.4, 0.5) is 0 Å². The van der Waals surface area contributed by atoms with Crippen molar-refractivity contribution in [2.45, 2.75) is 44.9 Å². The molecule has 3 aromatic rings. The van der Waals surface area contributed by atoms with Crippen LogP contribution in [0.3, 0.4) is 0 Å². The normalized spacial score (nSPS) is 23.0. The Morgan fingerprint density at radius 1 is 1.03 bits per heavy atom. The molecule has 4 nitrogen and oxygen atoms in total. The van der Waals surface area contributed by atoms with Gasteiger partial charge in [-0.05, 0) is 55.0 Å². The average Bonchev–Trinajstić information content (AvgIpc) is 3.48. The fraction of sp³-hybridized carbons (Fsp3) is 0.393. The number of fused-ring (bicyclic) bond motifs is 1.